The van der Waals surface area contributed by atoms with E-state index in [9.17, 15) is 14.4 Å². The van der Waals surface area contributed by atoms with Crippen molar-refractivity contribution in [3.63, 3.8) is 0 Å². The molecule has 6 heteroatoms. The highest BCUT2D eigenvalue weighted by molar-refractivity contribution is 5.71. The van der Waals surface area contributed by atoms with Crippen LogP contribution < -0.4 is 0 Å². The van der Waals surface area contributed by atoms with Crippen LogP contribution in [0.4, 0.5) is 0 Å². The molecule has 0 saturated carbocycles. The van der Waals surface area contributed by atoms with Gasteiger partial charge in [0.2, 0.25) is 0 Å². The Morgan fingerprint density at radius 2 is 0.325 bits per heavy atom. The second-order valence-corrected chi connectivity index (χ2v) is 26.6. The topological polar surface area (TPSA) is 78.9 Å². The van der Waals surface area contributed by atoms with Crippen molar-refractivity contribution >= 4 is 17.9 Å². The molecule has 1 atom stereocenters. The van der Waals surface area contributed by atoms with Gasteiger partial charge in [-0.05, 0) is 19.3 Å². The maximum absolute atomic E-state index is 13.0. The molecule has 0 radical (unpaired) electrons. The van der Waals surface area contributed by atoms with Crippen LogP contribution in [-0.4, -0.2) is 37.2 Å². The van der Waals surface area contributed by atoms with Crippen LogP contribution in [0.5, 0.6) is 0 Å². The van der Waals surface area contributed by atoms with Crippen molar-refractivity contribution in [1.29, 1.82) is 0 Å². The van der Waals surface area contributed by atoms with Crippen molar-refractivity contribution in [3.05, 3.63) is 0 Å². The number of rotatable bonds is 73. The highest BCUT2D eigenvalue weighted by Crippen LogP contribution is 2.20. The lowest BCUT2D eigenvalue weighted by atomic mass is 10.0. The fourth-order valence-corrected chi connectivity index (χ4v) is 12.3. The second-order valence-electron chi connectivity index (χ2n) is 26.6. The first-order chi connectivity index (χ1) is 41.0. The minimum absolute atomic E-state index is 0.0599. The van der Waals surface area contributed by atoms with Gasteiger partial charge in [-0.2, -0.15) is 0 Å². The van der Waals surface area contributed by atoms with Gasteiger partial charge in [-0.3, -0.25) is 14.4 Å². The molecule has 0 heterocycles. The molecule has 0 rings (SSSR count). The van der Waals surface area contributed by atoms with Crippen LogP contribution in [0.15, 0.2) is 0 Å². The van der Waals surface area contributed by atoms with Crippen molar-refractivity contribution in [2.45, 2.75) is 463 Å². The zero-order valence-electron chi connectivity index (χ0n) is 57.0. The Morgan fingerprint density at radius 1 is 0.193 bits per heavy atom. The van der Waals surface area contributed by atoms with Gasteiger partial charge in [0.05, 0.1) is 0 Å². The summed E-state index contributed by atoms with van der Waals surface area (Å²) >= 11 is 0. The monoisotopic (exact) mass is 1170 g/mol. The third kappa shape index (κ3) is 71.1. The first kappa shape index (κ1) is 81.4. The average Bonchev–Trinajstić information content (AvgIpc) is 3.49. The SMILES string of the molecule is CCCCCCCCCCCCCCCCCCCCCCCCCCCCCC(=O)OCC(COC(=O)CCCCCCCCCCCCCCC)OC(=O)CCCCCCCCCCCCCCCCCCCCCCCCCCC. The predicted molar refractivity (Wildman–Crippen MR) is 363 cm³/mol. The highest BCUT2D eigenvalue weighted by Gasteiger charge is 2.20. The molecule has 0 saturated heterocycles. The molecule has 6 nitrogen and oxygen atoms in total. The lowest BCUT2D eigenvalue weighted by molar-refractivity contribution is -0.167. The number of unbranched alkanes of at least 4 members (excludes halogenated alkanes) is 62. The van der Waals surface area contributed by atoms with Crippen LogP contribution >= 0.6 is 0 Å². The van der Waals surface area contributed by atoms with Crippen LogP contribution in [0.25, 0.3) is 0 Å². The quantitative estimate of drug-likeness (QED) is 0.0343. The fourth-order valence-electron chi connectivity index (χ4n) is 12.3. The molecule has 0 spiro atoms. The Balaban J connectivity index is 4.15. The summed E-state index contributed by atoms with van der Waals surface area (Å²) in [6.07, 6.45) is 87.4. The molecule has 0 aliphatic carbocycles. The lowest BCUT2D eigenvalue weighted by Crippen LogP contribution is -2.30. The predicted octanol–water partition coefficient (Wildman–Crippen LogP) is 26.6. The van der Waals surface area contributed by atoms with Crippen molar-refractivity contribution in [1.82, 2.24) is 0 Å². The summed E-state index contributed by atoms with van der Waals surface area (Å²) in [5, 5.41) is 0. The first-order valence-electron chi connectivity index (χ1n) is 38.5. The van der Waals surface area contributed by atoms with E-state index in [4.69, 9.17) is 14.2 Å². The molecule has 0 aliphatic heterocycles. The van der Waals surface area contributed by atoms with Gasteiger partial charge in [-0.25, -0.2) is 0 Å². The van der Waals surface area contributed by atoms with Gasteiger partial charge in [0, 0.05) is 19.3 Å². The second kappa shape index (κ2) is 72.9. The Bertz CT molecular complexity index is 1250. The maximum Gasteiger partial charge on any atom is 0.306 e. The van der Waals surface area contributed by atoms with Gasteiger partial charge in [0.1, 0.15) is 13.2 Å². The highest BCUT2D eigenvalue weighted by atomic mass is 16.6. The minimum Gasteiger partial charge on any atom is -0.462 e. The fraction of sp³-hybridized carbons (Fsp3) is 0.961. The molecule has 0 aliphatic rings. The van der Waals surface area contributed by atoms with E-state index < -0.39 is 6.10 Å². The van der Waals surface area contributed by atoms with Crippen LogP contribution in [0.2, 0.25) is 0 Å². The Labute approximate surface area is 520 Å². The third-order valence-electron chi connectivity index (χ3n) is 18.1. The summed E-state index contributed by atoms with van der Waals surface area (Å²) in [6.45, 7) is 6.75. The number of carbonyl (C=O) groups excluding carboxylic acids is 3. The Morgan fingerprint density at radius 3 is 0.482 bits per heavy atom. The number of hydrogen-bond acceptors (Lipinski definition) is 6. The summed E-state index contributed by atoms with van der Waals surface area (Å²) in [4.78, 5) is 38.5. The molecule has 494 valence electrons. The number of esters is 3. The zero-order valence-corrected chi connectivity index (χ0v) is 57.0. The molecular weight excluding hydrogens is 1020 g/mol. The molecule has 0 amide bonds. The van der Waals surface area contributed by atoms with Crippen molar-refractivity contribution < 1.29 is 28.6 Å². The van der Waals surface area contributed by atoms with Crippen LogP contribution in [0.3, 0.4) is 0 Å². The molecule has 0 aromatic heterocycles. The van der Waals surface area contributed by atoms with E-state index in [1.54, 1.807) is 0 Å². The van der Waals surface area contributed by atoms with Crippen molar-refractivity contribution in [2.24, 2.45) is 0 Å². The van der Waals surface area contributed by atoms with E-state index >= 15 is 0 Å². The molecule has 0 bridgehead atoms. The lowest BCUT2D eigenvalue weighted by Gasteiger charge is -2.18. The normalized spacial score (nSPS) is 11.9. The Kier molecular flexibility index (Phi) is 71.5. The zero-order chi connectivity index (χ0) is 59.9. The van der Waals surface area contributed by atoms with E-state index in [-0.39, 0.29) is 31.1 Å². The molecule has 83 heavy (non-hydrogen) atoms. The summed E-state index contributed by atoms with van der Waals surface area (Å²) in [6, 6.07) is 0. The van der Waals surface area contributed by atoms with Crippen LogP contribution in [0, 0.1) is 0 Å². The average molecular weight is 1170 g/mol. The molecule has 0 fully saturated rings. The minimum atomic E-state index is -0.764. The van der Waals surface area contributed by atoms with Crippen molar-refractivity contribution in [2.75, 3.05) is 13.2 Å². The van der Waals surface area contributed by atoms with Crippen molar-refractivity contribution in [3.8, 4) is 0 Å². The standard InChI is InChI=1S/C77H150O6/c1-4-7-10-13-16-19-22-25-27-29-31-33-35-37-38-40-41-43-45-47-49-52-55-58-61-64-67-70-76(79)82-73-74(72-81-75(78)69-66-63-60-57-54-51-24-21-18-15-12-9-6-3)83-77(80)71-68-65-62-59-56-53-50-48-46-44-42-39-36-34-32-30-28-26-23-20-17-14-11-8-5-2/h74H,4-73H2,1-3H3. The number of ether oxygens (including phenoxy) is 3. The van der Waals surface area contributed by atoms with E-state index in [0.29, 0.717) is 19.3 Å². The first-order valence-corrected chi connectivity index (χ1v) is 38.5. The van der Waals surface area contributed by atoms with E-state index in [1.807, 2.05) is 0 Å². The number of hydrogen-bond donors (Lipinski definition) is 0. The number of carbonyl (C=O) groups is 3. The van der Waals surface area contributed by atoms with E-state index in [2.05, 4.69) is 20.8 Å². The molecule has 0 N–H and O–H groups in total. The third-order valence-corrected chi connectivity index (χ3v) is 18.1. The van der Waals surface area contributed by atoms with Crippen LogP contribution in [0.1, 0.15) is 457 Å². The summed E-state index contributed by atoms with van der Waals surface area (Å²) in [7, 11) is 0. The smallest absolute Gasteiger partial charge is 0.306 e. The summed E-state index contributed by atoms with van der Waals surface area (Å²) < 4.78 is 17.0. The van der Waals surface area contributed by atoms with Gasteiger partial charge in [-0.1, -0.05) is 419 Å². The molecule has 0 aromatic rings. The Hall–Kier alpha value is -1.59. The molecule has 0 aromatic carbocycles. The van der Waals surface area contributed by atoms with Gasteiger partial charge >= 0.3 is 17.9 Å². The maximum atomic E-state index is 13.0. The van der Waals surface area contributed by atoms with Gasteiger partial charge in [0.25, 0.3) is 0 Å². The van der Waals surface area contributed by atoms with Crippen LogP contribution in [-0.2, 0) is 28.6 Å². The van der Waals surface area contributed by atoms with E-state index in [0.717, 1.165) is 57.8 Å². The summed E-state index contributed by atoms with van der Waals surface area (Å²) in [5.41, 5.74) is 0. The van der Waals surface area contributed by atoms with E-state index in [1.165, 1.54) is 360 Å². The summed E-state index contributed by atoms with van der Waals surface area (Å²) in [5.74, 6) is -0.816. The molecule has 1 unspecified atom stereocenters. The largest absolute Gasteiger partial charge is 0.462 e. The van der Waals surface area contributed by atoms with Gasteiger partial charge in [0.15, 0.2) is 6.10 Å². The van der Waals surface area contributed by atoms with Gasteiger partial charge < -0.3 is 14.2 Å². The van der Waals surface area contributed by atoms with Gasteiger partial charge in [-0.15, -0.1) is 0 Å². The molecular formula is C77H150O6.